The van der Waals surface area contributed by atoms with E-state index in [0.717, 1.165) is 44.9 Å². The van der Waals surface area contributed by atoms with Crippen LogP contribution in [0.4, 0.5) is 13.2 Å². The van der Waals surface area contributed by atoms with Gasteiger partial charge < -0.3 is 36.0 Å². The van der Waals surface area contributed by atoms with Crippen molar-refractivity contribution in [2.45, 2.75) is 106 Å². The number of nitrogens with one attached hydrogen (secondary N) is 3. The van der Waals surface area contributed by atoms with Crippen molar-refractivity contribution in [3.63, 3.8) is 0 Å². The number of rotatable bonds is 10. The number of aliphatic hydroxyl groups is 3. The fourth-order valence-electron chi connectivity index (χ4n) is 5.78. The van der Waals surface area contributed by atoms with Crippen LogP contribution in [0.1, 0.15) is 57.8 Å². The molecule has 1 aliphatic carbocycles. The Bertz CT molecular complexity index is 684. The second kappa shape index (κ2) is 14.0. The number of carbonyl (C=O) groups is 1. The second-order valence-electron chi connectivity index (χ2n) is 10.4. The quantitative estimate of drug-likeness (QED) is 0.230. The number of alkyl halides is 3. The third-order valence-electron chi connectivity index (χ3n) is 7.82. The summed E-state index contributed by atoms with van der Waals surface area (Å²) < 4.78 is 42.8. The van der Waals surface area contributed by atoms with Crippen LogP contribution in [-0.2, 0) is 9.53 Å². The summed E-state index contributed by atoms with van der Waals surface area (Å²) in [7, 11) is 0. The van der Waals surface area contributed by atoms with Crippen LogP contribution in [0.5, 0.6) is 0 Å². The van der Waals surface area contributed by atoms with Crippen molar-refractivity contribution in [3.05, 3.63) is 0 Å². The molecule has 0 aromatic carbocycles. The molecule has 2 saturated heterocycles. The monoisotopic (exact) mass is 541 g/mol. The summed E-state index contributed by atoms with van der Waals surface area (Å²) in [5, 5.41) is 40.3. The molecule has 6 N–H and O–H groups in total. The first-order valence-corrected chi connectivity index (χ1v) is 14.4. The summed E-state index contributed by atoms with van der Waals surface area (Å²) in [5.74, 6) is 0.286. The molecule has 3 unspecified atom stereocenters. The second-order valence-corrected chi connectivity index (χ2v) is 11.4. The standard InChI is InChI=1S/C24H42F3N3O5S/c1-36-23-20(33)18(31)19(32)21(35-23)17(15-6-2-3-7-15)30-22(34)16-9-8-14(10-12-29-16)5-4-11-28-13-24(25,26)27/h14-21,23,28-29,31-33H,2-13H2,1H3,(H,30,34)/t14-,16-,17+,18?,19?,20+,21+,23?/m0/s1. The largest absolute Gasteiger partial charge is 0.401 e. The molecule has 0 bridgehead atoms. The predicted octanol–water partition coefficient (Wildman–Crippen LogP) is 1.52. The summed E-state index contributed by atoms with van der Waals surface area (Å²) in [6.45, 7) is -0.0106. The number of ether oxygens (including phenoxy) is 1. The van der Waals surface area contributed by atoms with E-state index in [1.165, 1.54) is 11.8 Å². The van der Waals surface area contributed by atoms with Crippen LogP contribution >= 0.6 is 11.8 Å². The molecule has 0 radical (unpaired) electrons. The van der Waals surface area contributed by atoms with E-state index >= 15 is 0 Å². The Balaban J connectivity index is 1.54. The summed E-state index contributed by atoms with van der Waals surface area (Å²) >= 11 is 1.26. The lowest BCUT2D eigenvalue weighted by Crippen LogP contribution is -2.65. The lowest BCUT2D eigenvalue weighted by Gasteiger charge is -2.45. The minimum atomic E-state index is -4.20. The minimum absolute atomic E-state index is 0.112. The zero-order valence-corrected chi connectivity index (χ0v) is 21.7. The normalized spacial score (nSPS) is 35.4. The highest BCUT2D eigenvalue weighted by Gasteiger charge is 2.49. The lowest BCUT2D eigenvalue weighted by molar-refractivity contribution is -0.208. The molecule has 3 fully saturated rings. The molecule has 0 aromatic rings. The first-order chi connectivity index (χ1) is 17.1. The van der Waals surface area contributed by atoms with Crippen LogP contribution in [0.15, 0.2) is 0 Å². The molecule has 0 spiro atoms. The molecule has 3 rings (SSSR count). The summed E-state index contributed by atoms with van der Waals surface area (Å²) in [4.78, 5) is 13.3. The zero-order valence-electron chi connectivity index (χ0n) is 20.9. The molecule has 0 aromatic heterocycles. The van der Waals surface area contributed by atoms with Gasteiger partial charge in [-0.25, -0.2) is 0 Å². The molecule has 8 nitrogen and oxygen atoms in total. The average Bonchev–Trinajstić information content (AvgIpc) is 3.26. The third-order valence-corrected chi connectivity index (χ3v) is 8.68. The highest BCUT2D eigenvalue weighted by atomic mass is 32.2. The van der Waals surface area contributed by atoms with Crippen molar-refractivity contribution in [2.75, 3.05) is 25.9 Å². The topological polar surface area (TPSA) is 123 Å². The van der Waals surface area contributed by atoms with Gasteiger partial charge in [-0.1, -0.05) is 12.8 Å². The van der Waals surface area contributed by atoms with Gasteiger partial charge in [0, 0.05) is 0 Å². The SMILES string of the molecule is CSC1O[C@H]([C@H](NC(=O)[C@@H]2CC[C@H](CCCNCC(F)(F)F)CCN2)C2CCCC2)C(O)C(O)[C@H]1O. The number of carbonyl (C=O) groups excluding carboxylic acids is 1. The van der Waals surface area contributed by atoms with Gasteiger partial charge in [-0.3, -0.25) is 4.79 Å². The van der Waals surface area contributed by atoms with E-state index in [4.69, 9.17) is 4.74 Å². The molecule has 36 heavy (non-hydrogen) atoms. The van der Waals surface area contributed by atoms with Crippen molar-refractivity contribution in [2.24, 2.45) is 11.8 Å². The van der Waals surface area contributed by atoms with E-state index in [-0.39, 0.29) is 11.8 Å². The number of aliphatic hydroxyl groups excluding tert-OH is 3. The van der Waals surface area contributed by atoms with Gasteiger partial charge in [0.25, 0.3) is 0 Å². The Hall–Kier alpha value is -0.630. The van der Waals surface area contributed by atoms with E-state index in [2.05, 4.69) is 16.0 Å². The number of hydrogen-bond donors (Lipinski definition) is 6. The maximum Gasteiger partial charge on any atom is 0.401 e. The van der Waals surface area contributed by atoms with Gasteiger partial charge in [0.15, 0.2) is 0 Å². The fraction of sp³-hybridized carbons (Fsp3) is 0.958. The van der Waals surface area contributed by atoms with Crippen molar-refractivity contribution in [1.29, 1.82) is 0 Å². The Morgan fingerprint density at radius 1 is 1.08 bits per heavy atom. The van der Waals surface area contributed by atoms with Crippen LogP contribution in [0, 0.1) is 11.8 Å². The average molecular weight is 542 g/mol. The molecule has 1 amide bonds. The van der Waals surface area contributed by atoms with Crippen molar-refractivity contribution in [1.82, 2.24) is 16.0 Å². The number of amides is 1. The molecular formula is C24H42F3N3O5S. The number of hydrogen-bond acceptors (Lipinski definition) is 8. The number of thioether (sulfide) groups is 1. The van der Waals surface area contributed by atoms with Crippen LogP contribution in [0.2, 0.25) is 0 Å². The third kappa shape index (κ3) is 8.44. The van der Waals surface area contributed by atoms with Gasteiger partial charge >= 0.3 is 6.18 Å². The van der Waals surface area contributed by atoms with Crippen molar-refractivity contribution in [3.8, 4) is 0 Å². The van der Waals surface area contributed by atoms with Gasteiger partial charge in [-0.05, 0) is 76.1 Å². The van der Waals surface area contributed by atoms with Gasteiger partial charge in [0.1, 0.15) is 29.9 Å². The van der Waals surface area contributed by atoms with Gasteiger partial charge in [0.05, 0.1) is 18.6 Å². The molecule has 3 aliphatic rings. The summed E-state index contributed by atoms with van der Waals surface area (Å²) in [6.07, 6.45) is 0.440. The molecule has 1 saturated carbocycles. The maximum absolute atomic E-state index is 13.3. The zero-order chi connectivity index (χ0) is 26.3. The van der Waals surface area contributed by atoms with E-state index in [9.17, 15) is 33.3 Å². The van der Waals surface area contributed by atoms with Crippen molar-refractivity contribution >= 4 is 17.7 Å². The van der Waals surface area contributed by atoms with Gasteiger partial charge in [-0.15, -0.1) is 11.8 Å². The Morgan fingerprint density at radius 2 is 1.81 bits per heavy atom. The molecule has 12 heteroatoms. The first kappa shape index (κ1) is 29.9. The molecular weight excluding hydrogens is 499 g/mol. The summed E-state index contributed by atoms with van der Waals surface area (Å²) in [6, 6.07) is -0.887. The van der Waals surface area contributed by atoms with E-state index in [0.29, 0.717) is 31.8 Å². The van der Waals surface area contributed by atoms with Gasteiger partial charge in [0.2, 0.25) is 5.91 Å². The Morgan fingerprint density at radius 3 is 2.47 bits per heavy atom. The Labute approximate surface area is 215 Å². The van der Waals surface area contributed by atoms with E-state index in [1.807, 2.05) is 0 Å². The lowest BCUT2D eigenvalue weighted by atomic mass is 9.86. The summed E-state index contributed by atoms with van der Waals surface area (Å²) in [5.41, 5.74) is -0.698. The molecule has 210 valence electrons. The smallest absolute Gasteiger partial charge is 0.388 e. The van der Waals surface area contributed by atoms with Crippen LogP contribution in [-0.4, -0.2) is 95.2 Å². The molecule has 8 atom stereocenters. The number of halogens is 3. The highest BCUT2D eigenvalue weighted by molar-refractivity contribution is 7.99. The predicted molar refractivity (Wildman–Crippen MR) is 131 cm³/mol. The van der Waals surface area contributed by atoms with E-state index < -0.39 is 54.7 Å². The van der Waals surface area contributed by atoms with Crippen LogP contribution in [0.3, 0.4) is 0 Å². The maximum atomic E-state index is 13.3. The Kier molecular flexibility index (Phi) is 11.6. The molecule has 2 aliphatic heterocycles. The highest BCUT2D eigenvalue weighted by Crippen LogP contribution is 2.36. The van der Waals surface area contributed by atoms with E-state index in [1.54, 1.807) is 6.26 Å². The minimum Gasteiger partial charge on any atom is -0.388 e. The van der Waals surface area contributed by atoms with Crippen LogP contribution in [0.25, 0.3) is 0 Å². The first-order valence-electron chi connectivity index (χ1n) is 13.1. The van der Waals surface area contributed by atoms with Crippen molar-refractivity contribution < 1.29 is 38.0 Å². The van der Waals surface area contributed by atoms with Crippen LogP contribution < -0.4 is 16.0 Å². The molecule has 2 heterocycles. The fourth-order valence-corrected chi connectivity index (χ4v) is 6.46. The van der Waals surface area contributed by atoms with Gasteiger partial charge in [-0.2, -0.15) is 13.2 Å².